The summed E-state index contributed by atoms with van der Waals surface area (Å²) in [5.74, 6) is -0.633. The molecule has 0 amide bonds. The van der Waals surface area contributed by atoms with Crippen LogP contribution >= 0.6 is 11.6 Å². The van der Waals surface area contributed by atoms with Crippen molar-refractivity contribution in [1.82, 2.24) is 9.97 Å². The number of nitrogens with zero attached hydrogens (tertiary/aromatic N) is 2. The van der Waals surface area contributed by atoms with Crippen LogP contribution in [-0.2, 0) is 6.18 Å². The van der Waals surface area contributed by atoms with E-state index in [0.29, 0.717) is 6.42 Å². The third-order valence-electron chi connectivity index (χ3n) is 4.28. The fourth-order valence-corrected chi connectivity index (χ4v) is 3.11. The number of alkyl halides is 6. The molecule has 3 N–H and O–H groups in total. The highest BCUT2D eigenvalue weighted by Gasteiger charge is 2.34. The highest BCUT2D eigenvalue weighted by atomic mass is 35.5. The lowest BCUT2D eigenvalue weighted by Gasteiger charge is -2.17. The maximum absolute atomic E-state index is 13.5. The van der Waals surface area contributed by atoms with Crippen molar-refractivity contribution in [3.8, 4) is 17.0 Å². The van der Waals surface area contributed by atoms with Gasteiger partial charge in [-0.1, -0.05) is 29.8 Å². The Bertz CT molecular complexity index is 1140. The predicted octanol–water partition coefficient (Wildman–Crippen LogP) is 6.25. The largest absolute Gasteiger partial charge is 0.573 e. The van der Waals surface area contributed by atoms with Crippen molar-refractivity contribution < 1.29 is 36.2 Å². The Morgan fingerprint density at radius 1 is 0.971 bits per heavy atom. The van der Waals surface area contributed by atoms with Gasteiger partial charge >= 0.3 is 12.5 Å². The lowest BCUT2D eigenvalue weighted by Crippen LogP contribution is -2.17. The van der Waals surface area contributed by atoms with E-state index < -0.39 is 29.5 Å². The van der Waals surface area contributed by atoms with Crippen molar-refractivity contribution in [2.24, 2.45) is 0 Å². The minimum atomic E-state index is -4.91. The zero-order valence-electron chi connectivity index (χ0n) is 17.1. The van der Waals surface area contributed by atoms with Crippen molar-refractivity contribution in [3.63, 3.8) is 0 Å². The first-order valence-corrected chi connectivity index (χ1v) is 10.1. The number of aliphatic hydroxyl groups excluding tert-OH is 1. The summed E-state index contributed by atoms with van der Waals surface area (Å²) in [6.07, 6.45) is -9.30. The molecule has 3 rings (SSSR count). The van der Waals surface area contributed by atoms with Gasteiger partial charge in [-0.2, -0.15) is 18.2 Å². The van der Waals surface area contributed by atoms with Gasteiger partial charge < -0.3 is 20.5 Å². The second-order valence-electron chi connectivity index (χ2n) is 6.83. The van der Waals surface area contributed by atoms with Crippen molar-refractivity contribution in [1.29, 1.82) is 0 Å². The van der Waals surface area contributed by atoms with Crippen LogP contribution in [0.2, 0.25) is 5.02 Å². The highest BCUT2D eigenvalue weighted by molar-refractivity contribution is 6.33. The molecule has 0 atom stereocenters. The number of ether oxygens (including phenoxy) is 1. The molecule has 0 aliphatic carbocycles. The Labute approximate surface area is 194 Å². The van der Waals surface area contributed by atoms with Crippen LogP contribution < -0.4 is 15.4 Å². The van der Waals surface area contributed by atoms with E-state index in [4.69, 9.17) is 16.7 Å². The summed E-state index contributed by atoms with van der Waals surface area (Å²) in [6, 6.07) is 9.44. The van der Waals surface area contributed by atoms with E-state index in [1.807, 2.05) is 0 Å². The fourth-order valence-electron chi connectivity index (χ4n) is 2.89. The van der Waals surface area contributed by atoms with Gasteiger partial charge in [0.05, 0.1) is 22.0 Å². The number of aromatic nitrogens is 2. The number of hydrogen-bond acceptors (Lipinski definition) is 6. The maximum Gasteiger partial charge on any atom is 0.573 e. The van der Waals surface area contributed by atoms with Gasteiger partial charge in [-0.3, -0.25) is 0 Å². The molecule has 0 aliphatic rings. The number of aliphatic hydroxyl groups is 1. The molecule has 0 unspecified atom stereocenters. The van der Waals surface area contributed by atoms with Crippen LogP contribution in [0.4, 0.5) is 43.8 Å². The molecule has 6 nitrogen and oxygen atoms in total. The van der Waals surface area contributed by atoms with Crippen molar-refractivity contribution in [3.05, 3.63) is 59.1 Å². The van der Waals surface area contributed by atoms with Gasteiger partial charge in [0.2, 0.25) is 5.95 Å². The predicted molar refractivity (Wildman–Crippen MR) is 114 cm³/mol. The van der Waals surface area contributed by atoms with Crippen LogP contribution in [0.15, 0.2) is 48.5 Å². The highest BCUT2D eigenvalue weighted by Crippen LogP contribution is 2.40. The maximum atomic E-state index is 13.5. The molecule has 0 saturated carbocycles. The summed E-state index contributed by atoms with van der Waals surface area (Å²) < 4.78 is 82.1. The number of hydrogen-bond donors (Lipinski definition) is 3. The van der Waals surface area contributed by atoms with E-state index in [0.717, 1.165) is 24.3 Å². The van der Waals surface area contributed by atoms with Gasteiger partial charge in [0.15, 0.2) is 0 Å². The van der Waals surface area contributed by atoms with E-state index in [2.05, 4.69) is 25.3 Å². The number of benzene rings is 2. The van der Waals surface area contributed by atoms with Crippen LogP contribution in [0.1, 0.15) is 12.0 Å². The van der Waals surface area contributed by atoms with Crippen LogP contribution in [0.3, 0.4) is 0 Å². The number of rotatable bonds is 8. The second kappa shape index (κ2) is 10.3. The molecule has 1 heterocycles. The molecule has 182 valence electrons. The molecule has 1 aromatic heterocycles. The number of nitrogens with one attached hydrogen (secondary N) is 2. The minimum absolute atomic E-state index is 0.0313. The first-order chi connectivity index (χ1) is 16.0. The molecular formula is C21H17ClF6N4O2. The lowest BCUT2D eigenvalue weighted by molar-refractivity contribution is -0.274. The average Bonchev–Trinajstić information content (AvgIpc) is 2.73. The number of anilines is 3. The molecule has 0 radical (unpaired) electrons. The summed E-state index contributed by atoms with van der Waals surface area (Å²) in [5.41, 5.74) is -1.20. The van der Waals surface area contributed by atoms with E-state index in [9.17, 15) is 26.3 Å². The first-order valence-electron chi connectivity index (χ1n) is 9.69. The monoisotopic (exact) mass is 506 g/mol. The summed E-state index contributed by atoms with van der Waals surface area (Å²) in [5, 5.41) is 14.1. The summed E-state index contributed by atoms with van der Waals surface area (Å²) >= 11 is 5.99. The van der Waals surface area contributed by atoms with Gasteiger partial charge in [0.25, 0.3) is 0 Å². The molecule has 2 aromatic carbocycles. The molecule has 34 heavy (non-hydrogen) atoms. The van der Waals surface area contributed by atoms with Crippen LogP contribution in [0, 0.1) is 0 Å². The fraction of sp³-hybridized carbons (Fsp3) is 0.238. The topological polar surface area (TPSA) is 79.3 Å². The third-order valence-corrected chi connectivity index (χ3v) is 4.59. The zero-order valence-corrected chi connectivity index (χ0v) is 17.9. The first kappa shape index (κ1) is 25.4. The molecular weight excluding hydrogens is 490 g/mol. The van der Waals surface area contributed by atoms with Crippen molar-refractivity contribution in [2.75, 3.05) is 23.8 Å². The molecule has 3 aromatic rings. The molecule has 0 saturated heterocycles. The molecule has 0 aliphatic heterocycles. The molecule has 13 heteroatoms. The standard InChI is InChI=1S/C21H17ClF6N4O2/c22-15-7-2-6-14(20(23,24)25)18(15)31-17-11-16(30-19(32-17)29-8-3-9-33)12-4-1-5-13(10-12)34-21(26,27)28/h1-2,4-7,10-11,33H,3,8-9H2,(H2,29,30,31,32). The SMILES string of the molecule is OCCCNc1nc(Nc2c(Cl)cccc2C(F)(F)F)cc(-c2cccc(OC(F)(F)F)c2)n1. The van der Waals surface area contributed by atoms with Crippen molar-refractivity contribution >= 4 is 29.1 Å². The Morgan fingerprint density at radius 2 is 1.71 bits per heavy atom. The summed E-state index contributed by atoms with van der Waals surface area (Å²) in [6.45, 7) is 0.0969. The smallest absolute Gasteiger partial charge is 0.406 e. The summed E-state index contributed by atoms with van der Waals surface area (Å²) in [4.78, 5) is 8.33. The van der Waals surface area contributed by atoms with Crippen LogP contribution in [0.5, 0.6) is 5.75 Å². The molecule has 0 spiro atoms. The van der Waals surface area contributed by atoms with E-state index in [1.54, 1.807) is 0 Å². The summed E-state index contributed by atoms with van der Waals surface area (Å²) in [7, 11) is 0. The Hall–Kier alpha value is -3.25. The quantitative estimate of drug-likeness (QED) is 0.247. The molecule has 0 bridgehead atoms. The van der Waals surface area contributed by atoms with E-state index in [1.165, 1.54) is 24.3 Å². The van der Waals surface area contributed by atoms with E-state index in [-0.39, 0.29) is 41.2 Å². The zero-order chi connectivity index (χ0) is 24.9. The third kappa shape index (κ3) is 6.87. The van der Waals surface area contributed by atoms with Gasteiger partial charge in [-0.05, 0) is 30.7 Å². The lowest BCUT2D eigenvalue weighted by atomic mass is 10.1. The van der Waals surface area contributed by atoms with Crippen LogP contribution in [-0.4, -0.2) is 34.6 Å². The van der Waals surface area contributed by atoms with Gasteiger partial charge in [-0.15, -0.1) is 13.2 Å². The normalized spacial score (nSPS) is 11.9. The van der Waals surface area contributed by atoms with E-state index >= 15 is 0 Å². The number of halogens is 7. The minimum Gasteiger partial charge on any atom is -0.406 e. The second-order valence-corrected chi connectivity index (χ2v) is 7.23. The average molecular weight is 507 g/mol. The van der Waals surface area contributed by atoms with Crippen LogP contribution in [0.25, 0.3) is 11.3 Å². The Morgan fingerprint density at radius 3 is 2.38 bits per heavy atom. The van der Waals surface area contributed by atoms with Gasteiger partial charge in [0, 0.05) is 24.8 Å². The molecule has 0 fully saturated rings. The number of para-hydroxylation sites is 1. The Kier molecular flexibility index (Phi) is 7.72. The van der Waals surface area contributed by atoms with Crippen molar-refractivity contribution in [2.45, 2.75) is 19.0 Å². The van der Waals surface area contributed by atoms with Gasteiger partial charge in [0.1, 0.15) is 11.6 Å². The van der Waals surface area contributed by atoms with Gasteiger partial charge in [-0.25, -0.2) is 4.98 Å². The Balaban J connectivity index is 2.04.